The molecule has 0 bridgehead atoms. The summed E-state index contributed by atoms with van der Waals surface area (Å²) in [5.74, 6) is 0.184. The van der Waals surface area contributed by atoms with Crippen LogP contribution >= 0.6 is 0 Å². The molecule has 0 saturated heterocycles. The maximum absolute atomic E-state index is 11.8. The highest BCUT2D eigenvalue weighted by atomic mass is 32.2. The van der Waals surface area contributed by atoms with Crippen LogP contribution in [-0.2, 0) is 17.2 Å². The summed E-state index contributed by atoms with van der Waals surface area (Å²) < 4.78 is 29.9. The summed E-state index contributed by atoms with van der Waals surface area (Å²) in [7, 11) is -2.16. The van der Waals surface area contributed by atoms with Crippen LogP contribution < -0.4 is 4.18 Å². The van der Waals surface area contributed by atoms with Crippen LogP contribution in [0, 0.1) is 0 Å². The van der Waals surface area contributed by atoms with Gasteiger partial charge in [-0.1, -0.05) is 18.2 Å². The SMILES string of the molecule is Cn1nccc1OS(=O)(=O)c1ccccc1. The number of hydrogen-bond donors (Lipinski definition) is 0. The van der Waals surface area contributed by atoms with Crippen LogP contribution in [0.1, 0.15) is 0 Å². The monoisotopic (exact) mass is 238 g/mol. The van der Waals surface area contributed by atoms with Crippen molar-refractivity contribution in [1.29, 1.82) is 0 Å². The first-order valence-electron chi connectivity index (χ1n) is 4.57. The molecule has 1 heterocycles. The number of aromatic nitrogens is 2. The predicted octanol–water partition coefficient (Wildman–Crippen LogP) is 1.19. The van der Waals surface area contributed by atoms with E-state index < -0.39 is 10.1 Å². The zero-order chi connectivity index (χ0) is 11.6. The molecule has 0 N–H and O–H groups in total. The van der Waals surface area contributed by atoms with Crippen LogP contribution in [0.4, 0.5) is 0 Å². The molecule has 16 heavy (non-hydrogen) atoms. The lowest BCUT2D eigenvalue weighted by Gasteiger charge is -2.06. The molecule has 0 unspecified atom stereocenters. The molecule has 0 radical (unpaired) electrons. The first-order valence-corrected chi connectivity index (χ1v) is 5.98. The quantitative estimate of drug-likeness (QED) is 0.753. The summed E-state index contributed by atoms with van der Waals surface area (Å²) >= 11 is 0. The molecule has 2 rings (SSSR count). The average molecular weight is 238 g/mol. The molecule has 0 aliphatic heterocycles. The van der Waals surface area contributed by atoms with Gasteiger partial charge in [-0.25, -0.2) is 4.68 Å². The van der Waals surface area contributed by atoms with Gasteiger partial charge in [-0.2, -0.15) is 13.5 Å². The Bertz CT molecular complexity index is 575. The Morgan fingerprint density at radius 3 is 2.44 bits per heavy atom. The second-order valence-corrected chi connectivity index (χ2v) is 4.69. The largest absolute Gasteiger partial charge is 0.358 e. The second-order valence-electron chi connectivity index (χ2n) is 3.14. The van der Waals surface area contributed by atoms with Crippen LogP contribution in [0.15, 0.2) is 47.5 Å². The highest BCUT2D eigenvalue weighted by molar-refractivity contribution is 7.87. The Morgan fingerprint density at radius 2 is 1.88 bits per heavy atom. The van der Waals surface area contributed by atoms with Crippen LogP contribution in [0.2, 0.25) is 0 Å². The number of rotatable bonds is 3. The molecule has 1 aromatic carbocycles. The summed E-state index contributed by atoms with van der Waals surface area (Å²) in [6, 6.07) is 9.46. The number of aryl methyl sites for hydroxylation is 1. The van der Waals surface area contributed by atoms with Crippen molar-refractivity contribution < 1.29 is 12.6 Å². The Morgan fingerprint density at radius 1 is 1.19 bits per heavy atom. The van der Waals surface area contributed by atoms with Gasteiger partial charge in [-0.15, -0.1) is 0 Å². The lowest BCUT2D eigenvalue weighted by atomic mass is 10.4. The van der Waals surface area contributed by atoms with E-state index in [1.807, 2.05) is 0 Å². The van der Waals surface area contributed by atoms with Crippen molar-refractivity contribution in [2.45, 2.75) is 4.90 Å². The van der Waals surface area contributed by atoms with Crippen molar-refractivity contribution in [1.82, 2.24) is 9.78 Å². The maximum Gasteiger partial charge on any atom is 0.340 e. The predicted molar refractivity (Wildman–Crippen MR) is 57.5 cm³/mol. The summed E-state index contributed by atoms with van der Waals surface area (Å²) in [5.41, 5.74) is 0. The van der Waals surface area contributed by atoms with Crippen LogP contribution in [-0.4, -0.2) is 18.2 Å². The lowest BCUT2D eigenvalue weighted by Crippen LogP contribution is -2.11. The Hall–Kier alpha value is -1.82. The van der Waals surface area contributed by atoms with Gasteiger partial charge in [-0.05, 0) is 12.1 Å². The van der Waals surface area contributed by atoms with E-state index >= 15 is 0 Å². The highest BCUT2D eigenvalue weighted by Gasteiger charge is 2.17. The van der Waals surface area contributed by atoms with Gasteiger partial charge < -0.3 is 4.18 Å². The summed E-state index contributed by atoms with van der Waals surface area (Å²) in [6.07, 6.45) is 1.47. The standard InChI is InChI=1S/C10H10N2O3S/c1-12-10(7-8-11-12)15-16(13,14)9-5-3-2-4-6-9/h2-8H,1H3. The molecule has 6 heteroatoms. The Balaban J connectivity index is 2.32. The van der Waals surface area contributed by atoms with Gasteiger partial charge in [0, 0.05) is 13.1 Å². The molecule has 84 valence electrons. The second kappa shape index (κ2) is 3.97. The summed E-state index contributed by atoms with van der Waals surface area (Å²) in [5, 5.41) is 3.82. The summed E-state index contributed by atoms with van der Waals surface area (Å²) in [4.78, 5) is 0.121. The molecule has 5 nitrogen and oxygen atoms in total. The molecular formula is C10H10N2O3S. The number of hydrogen-bond acceptors (Lipinski definition) is 4. The maximum atomic E-state index is 11.8. The van der Waals surface area contributed by atoms with Crippen LogP contribution in [0.5, 0.6) is 5.88 Å². The molecule has 2 aromatic rings. The van der Waals surface area contributed by atoms with Gasteiger partial charge in [0.1, 0.15) is 4.90 Å². The topological polar surface area (TPSA) is 61.2 Å². The molecule has 0 aliphatic rings. The first kappa shape index (κ1) is 10.7. The molecule has 0 spiro atoms. The minimum Gasteiger partial charge on any atom is -0.358 e. The van der Waals surface area contributed by atoms with E-state index in [0.717, 1.165) is 0 Å². The van der Waals surface area contributed by atoms with Gasteiger partial charge in [0.25, 0.3) is 0 Å². The van der Waals surface area contributed by atoms with E-state index in [1.54, 1.807) is 25.2 Å². The van der Waals surface area contributed by atoms with E-state index in [9.17, 15) is 8.42 Å². The zero-order valence-corrected chi connectivity index (χ0v) is 9.39. The van der Waals surface area contributed by atoms with E-state index in [0.29, 0.717) is 0 Å². The van der Waals surface area contributed by atoms with Crippen molar-refractivity contribution in [3.8, 4) is 5.88 Å². The smallest absolute Gasteiger partial charge is 0.340 e. The van der Waals surface area contributed by atoms with Crippen molar-refractivity contribution in [2.75, 3.05) is 0 Å². The van der Waals surface area contributed by atoms with Crippen LogP contribution in [0.25, 0.3) is 0 Å². The third-order valence-electron chi connectivity index (χ3n) is 2.00. The molecule has 0 fully saturated rings. The van der Waals surface area contributed by atoms with Crippen molar-refractivity contribution in [3.05, 3.63) is 42.6 Å². The third-order valence-corrected chi connectivity index (χ3v) is 3.24. The van der Waals surface area contributed by atoms with Crippen molar-refractivity contribution in [2.24, 2.45) is 7.05 Å². The normalized spacial score (nSPS) is 11.3. The summed E-state index contributed by atoms with van der Waals surface area (Å²) in [6.45, 7) is 0. The Kier molecular flexibility index (Phi) is 2.66. The van der Waals surface area contributed by atoms with Gasteiger partial charge in [0.2, 0.25) is 5.88 Å². The fourth-order valence-electron chi connectivity index (χ4n) is 1.19. The van der Waals surface area contributed by atoms with Crippen molar-refractivity contribution in [3.63, 3.8) is 0 Å². The molecule has 0 aliphatic carbocycles. The Labute approximate surface area is 93.4 Å². The lowest BCUT2D eigenvalue weighted by molar-refractivity contribution is 0.455. The molecular weight excluding hydrogens is 228 g/mol. The fraction of sp³-hybridized carbons (Fsp3) is 0.100. The average Bonchev–Trinajstić information content (AvgIpc) is 2.65. The highest BCUT2D eigenvalue weighted by Crippen LogP contribution is 2.16. The van der Waals surface area contributed by atoms with E-state index in [1.165, 1.54) is 29.1 Å². The minimum atomic E-state index is -3.77. The first-order chi connectivity index (χ1) is 7.59. The van der Waals surface area contributed by atoms with Gasteiger partial charge in [0.15, 0.2) is 0 Å². The van der Waals surface area contributed by atoms with E-state index in [2.05, 4.69) is 5.10 Å². The van der Waals surface area contributed by atoms with E-state index in [-0.39, 0.29) is 10.8 Å². The van der Waals surface area contributed by atoms with Crippen molar-refractivity contribution >= 4 is 10.1 Å². The van der Waals surface area contributed by atoms with Gasteiger partial charge in [0.05, 0.1) is 6.20 Å². The fourth-order valence-corrected chi connectivity index (χ4v) is 2.17. The van der Waals surface area contributed by atoms with E-state index in [4.69, 9.17) is 4.18 Å². The number of benzene rings is 1. The van der Waals surface area contributed by atoms with Crippen LogP contribution in [0.3, 0.4) is 0 Å². The van der Waals surface area contributed by atoms with Gasteiger partial charge in [-0.3, -0.25) is 0 Å². The van der Waals surface area contributed by atoms with Gasteiger partial charge >= 0.3 is 10.1 Å². The number of nitrogens with zero attached hydrogens (tertiary/aromatic N) is 2. The molecule has 0 atom stereocenters. The zero-order valence-electron chi connectivity index (χ0n) is 8.57. The molecule has 1 aromatic heterocycles. The molecule has 0 amide bonds. The third kappa shape index (κ3) is 2.06. The minimum absolute atomic E-state index is 0.121. The molecule has 0 saturated carbocycles.